The van der Waals surface area contributed by atoms with Gasteiger partial charge in [0.25, 0.3) is 0 Å². The van der Waals surface area contributed by atoms with Crippen molar-refractivity contribution in [3.63, 3.8) is 0 Å². The summed E-state index contributed by atoms with van der Waals surface area (Å²) < 4.78 is 0. The van der Waals surface area contributed by atoms with Crippen molar-refractivity contribution in [3.05, 3.63) is 0 Å². The van der Waals surface area contributed by atoms with Gasteiger partial charge in [0, 0.05) is 19.1 Å². The van der Waals surface area contributed by atoms with E-state index in [-0.39, 0.29) is 6.10 Å². The molecule has 0 aromatic carbocycles. The summed E-state index contributed by atoms with van der Waals surface area (Å²) in [6, 6.07) is 0.648. The molecule has 0 amide bonds. The lowest BCUT2D eigenvalue weighted by Gasteiger charge is -2.43. The van der Waals surface area contributed by atoms with Crippen LogP contribution in [0.15, 0.2) is 0 Å². The van der Waals surface area contributed by atoms with Gasteiger partial charge in [0.15, 0.2) is 0 Å². The number of nitrogens with one attached hydrogen (secondary N) is 1. The zero-order valence-electron chi connectivity index (χ0n) is 14.4. The van der Waals surface area contributed by atoms with E-state index in [2.05, 4.69) is 45.0 Å². The second kappa shape index (κ2) is 7.77. The molecule has 0 bridgehead atoms. The van der Waals surface area contributed by atoms with E-state index in [9.17, 15) is 5.11 Å². The van der Waals surface area contributed by atoms with E-state index in [1.54, 1.807) is 0 Å². The Labute approximate surface area is 126 Å². The molecule has 0 aromatic rings. The molecule has 0 heterocycles. The molecular formula is C17H36N2O. The van der Waals surface area contributed by atoms with Crippen LogP contribution in [0.1, 0.15) is 53.9 Å². The number of hydrogen-bond acceptors (Lipinski definition) is 3. The van der Waals surface area contributed by atoms with E-state index < -0.39 is 0 Å². The molecule has 2 N–H and O–H groups in total. The molecule has 0 spiro atoms. The lowest BCUT2D eigenvalue weighted by atomic mass is 9.67. The maximum absolute atomic E-state index is 9.55. The predicted octanol–water partition coefficient (Wildman–Crippen LogP) is 2.74. The second-order valence-corrected chi connectivity index (χ2v) is 7.87. The van der Waals surface area contributed by atoms with Crippen LogP contribution >= 0.6 is 0 Å². The Morgan fingerprint density at radius 2 is 1.95 bits per heavy atom. The molecule has 4 atom stereocenters. The summed E-state index contributed by atoms with van der Waals surface area (Å²) in [6.07, 6.45) is 3.71. The van der Waals surface area contributed by atoms with Gasteiger partial charge in [-0.2, -0.15) is 0 Å². The largest absolute Gasteiger partial charge is 0.392 e. The lowest BCUT2D eigenvalue weighted by molar-refractivity contribution is 0.0776. The van der Waals surface area contributed by atoms with Crippen LogP contribution < -0.4 is 5.32 Å². The van der Waals surface area contributed by atoms with E-state index in [0.717, 1.165) is 25.6 Å². The van der Waals surface area contributed by atoms with Crippen LogP contribution in [0.2, 0.25) is 0 Å². The molecule has 1 rings (SSSR count). The van der Waals surface area contributed by atoms with Crippen molar-refractivity contribution in [2.24, 2.45) is 17.3 Å². The fourth-order valence-electron chi connectivity index (χ4n) is 3.71. The molecule has 20 heavy (non-hydrogen) atoms. The zero-order chi connectivity index (χ0) is 15.3. The Balaban J connectivity index is 2.63. The Kier molecular flexibility index (Phi) is 6.96. The van der Waals surface area contributed by atoms with E-state index >= 15 is 0 Å². The molecule has 0 aliphatic heterocycles. The third-order valence-corrected chi connectivity index (χ3v) is 4.80. The maximum atomic E-state index is 9.55. The molecule has 3 nitrogen and oxygen atoms in total. The Morgan fingerprint density at radius 1 is 1.30 bits per heavy atom. The highest BCUT2D eigenvalue weighted by molar-refractivity contribution is 4.90. The summed E-state index contributed by atoms with van der Waals surface area (Å²) >= 11 is 0. The van der Waals surface area contributed by atoms with Gasteiger partial charge in [-0.1, -0.05) is 27.7 Å². The highest BCUT2D eigenvalue weighted by atomic mass is 16.3. The van der Waals surface area contributed by atoms with Crippen molar-refractivity contribution < 1.29 is 5.11 Å². The molecule has 0 radical (unpaired) electrons. The predicted molar refractivity (Wildman–Crippen MR) is 86.9 cm³/mol. The minimum absolute atomic E-state index is 0.236. The molecular weight excluding hydrogens is 248 g/mol. The number of rotatable bonds is 6. The highest BCUT2D eigenvalue weighted by Crippen LogP contribution is 2.40. The van der Waals surface area contributed by atoms with Crippen LogP contribution in [0.25, 0.3) is 0 Å². The van der Waals surface area contributed by atoms with Gasteiger partial charge < -0.3 is 15.3 Å². The topological polar surface area (TPSA) is 35.5 Å². The van der Waals surface area contributed by atoms with Crippen LogP contribution in [0, 0.1) is 17.3 Å². The number of hydrogen-bond donors (Lipinski definition) is 2. The zero-order valence-corrected chi connectivity index (χ0v) is 14.4. The minimum atomic E-state index is -0.236. The van der Waals surface area contributed by atoms with Gasteiger partial charge in [0.2, 0.25) is 0 Å². The van der Waals surface area contributed by atoms with Crippen molar-refractivity contribution in [1.82, 2.24) is 10.2 Å². The number of likely N-dealkylation sites (N-methyl/N-ethyl adjacent to an activating group) is 1. The van der Waals surface area contributed by atoms with Crippen molar-refractivity contribution in [3.8, 4) is 0 Å². The molecule has 3 heteroatoms. The quantitative estimate of drug-likeness (QED) is 0.787. The van der Waals surface area contributed by atoms with Crippen molar-refractivity contribution in [2.75, 3.05) is 26.7 Å². The Morgan fingerprint density at radius 3 is 2.45 bits per heavy atom. The highest BCUT2D eigenvalue weighted by Gasteiger charge is 2.35. The molecule has 0 saturated heterocycles. The Hall–Kier alpha value is -0.120. The van der Waals surface area contributed by atoms with Gasteiger partial charge in [-0.25, -0.2) is 0 Å². The van der Waals surface area contributed by atoms with Gasteiger partial charge >= 0.3 is 0 Å². The van der Waals surface area contributed by atoms with Crippen LogP contribution in [0.4, 0.5) is 0 Å². The van der Waals surface area contributed by atoms with Crippen molar-refractivity contribution in [1.29, 1.82) is 0 Å². The molecule has 1 aliphatic rings. The van der Waals surface area contributed by atoms with Gasteiger partial charge in [0.1, 0.15) is 0 Å². The first-order valence-corrected chi connectivity index (χ1v) is 8.34. The summed E-state index contributed by atoms with van der Waals surface area (Å²) in [6.45, 7) is 14.1. The number of nitrogens with zero attached hydrogens (tertiary/aromatic N) is 1. The summed E-state index contributed by atoms with van der Waals surface area (Å²) in [7, 11) is 2.14. The van der Waals surface area contributed by atoms with Crippen LogP contribution in [-0.4, -0.2) is 48.8 Å². The molecule has 120 valence electrons. The first-order chi connectivity index (χ1) is 9.24. The SMILES string of the molecule is CCNC1CCC(C(C)(C)C)CC1CN(C)CC(C)O. The van der Waals surface area contributed by atoms with Crippen LogP contribution in [0.5, 0.6) is 0 Å². The fraction of sp³-hybridized carbons (Fsp3) is 1.00. The molecule has 1 saturated carbocycles. The van der Waals surface area contributed by atoms with E-state index in [1.165, 1.54) is 19.3 Å². The summed E-state index contributed by atoms with van der Waals surface area (Å²) in [4.78, 5) is 2.30. The molecule has 4 unspecified atom stereocenters. The Bertz CT molecular complexity index is 273. The second-order valence-electron chi connectivity index (χ2n) is 7.87. The van der Waals surface area contributed by atoms with Gasteiger partial charge in [-0.05, 0) is 57.0 Å². The van der Waals surface area contributed by atoms with Gasteiger partial charge in [-0.15, -0.1) is 0 Å². The average Bonchev–Trinajstić information content (AvgIpc) is 2.29. The minimum Gasteiger partial charge on any atom is -0.392 e. The van der Waals surface area contributed by atoms with Crippen molar-refractivity contribution >= 4 is 0 Å². The first kappa shape index (κ1) is 17.9. The summed E-state index contributed by atoms with van der Waals surface area (Å²) in [5, 5.41) is 13.2. The van der Waals surface area contributed by atoms with E-state index in [4.69, 9.17) is 0 Å². The monoisotopic (exact) mass is 284 g/mol. The lowest BCUT2D eigenvalue weighted by Crippen LogP contribution is -2.47. The normalized spacial score (nSPS) is 29.7. The van der Waals surface area contributed by atoms with Crippen LogP contribution in [0.3, 0.4) is 0 Å². The van der Waals surface area contributed by atoms with E-state index in [1.807, 2.05) is 6.92 Å². The van der Waals surface area contributed by atoms with Crippen molar-refractivity contribution in [2.45, 2.75) is 66.0 Å². The molecule has 1 aliphatic carbocycles. The molecule has 0 aromatic heterocycles. The first-order valence-electron chi connectivity index (χ1n) is 8.34. The maximum Gasteiger partial charge on any atom is 0.0638 e. The third-order valence-electron chi connectivity index (χ3n) is 4.80. The van der Waals surface area contributed by atoms with Gasteiger partial charge in [0.05, 0.1) is 6.10 Å². The standard InChI is InChI=1S/C17H36N2O/c1-7-18-16-9-8-15(17(3,4)5)10-14(16)12-19(6)11-13(2)20/h13-16,18,20H,7-12H2,1-6H3. The van der Waals surface area contributed by atoms with Crippen LogP contribution in [-0.2, 0) is 0 Å². The smallest absolute Gasteiger partial charge is 0.0638 e. The third kappa shape index (κ3) is 5.71. The molecule has 1 fully saturated rings. The fourth-order valence-corrected chi connectivity index (χ4v) is 3.71. The number of aliphatic hydroxyl groups excluding tert-OH is 1. The summed E-state index contributed by atoms with van der Waals surface area (Å²) in [5.74, 6) is 1.53. The summed E-state index contributed by atoms with van der Waals surface area (Å²) in [5.41, 5.74) is 0.415. The van der Waals surface area contributed by atoms with E-state index in [0.29, 0.717) is 17.4 Å². The average molecular weight is 284 g/mol. The number of aliphatic hydroxyl groups is 1. The van der Waals surface area contributed by atoms with Gasteiger partial charge in [-0.3, -0.25) is 0 Å².